The molecule has 6 heteroatoms. The first-order valence-corrected chi connectivity index (χ1v) is 9.28. The summed E-state index contributed by atoms with van der Waals surface area (Å²) in [7, 11) is 0. The number of H-pyrrole nitrogens is 1. The first-order valence-electron chi connectivity index (χ1n) is 9.28. The van der Waals surface area contributed by atoms with Crippen molar-refractivity contribution in [3.05, 3.63) is 51.4 Å². The zero-order valence-corrected chi connectivity index (χ0v) is 15.6. The fourth-order valence-corrected chi connectivity index (χ4v) is 3.48. The number of benzene rings is 1. The summed E-state index contributed by atoms with van der Waals surface area (Å²) >= 11 is 0. The Morgan fingerprint density at radius 3 is 2.62 bits per heavy atom. The Hall–Kier alpha value is -2.47. The SMILES string of the molecule is Cc1ccc(-c2nc3nc(CN4CCC(C)CC4)cc(=O)n3[nH]2)cc1C. The molecule has 1 aliphatic heterocycles. The topological polar surface area (TPSA) is 66.3 Å². The lowest BCUT2D eigenvalue weighted by atomic mass is 9.99. The molecule has 0 spiro atoms. The molecule has 3 aromatic rings. The van der Waals surface area contributed by atoms with Crippen LogP contribution in [0.15, 0.2) is 29.1 Å². The fourth-order valence-electron chi connectivity index (χ4n) is 3.48. The monoisotopic (exact) mass is 351 g/mol. The third-order valence-corrected chi connectivity index (χ3v) is 5.43. The molecule has 0 aliphatic carbocycles. The number of rotatable bonds is 3. The minimum Gasteiger partial charge on any atom is -0.297 e. The predicted octanol–water partition coefficient (Wildman–Crippen LogP) is 2.93. The zero-order valence-electron chi connectivity index (χ0n) is 15.6. The second-order valence-corrected chi connectivity index (χ2v) is 7.55. The van der Waals surface area contributed by atoms with Crippen LogP contribution in [-0.4, -0.2) is 37.6 Å². The van der Waals surface area contributed by atoms with Gasteiger partial charge in [-0.25, -0.2) is 4.98 Å². The van der Waals surface area contributed by atoms with Gasteiger partial charge in [0.15, 0.2) is 5.82 Å². The van der Waals surface area contributed by atoms with E-state index >= 15 is 0 Å². The number of fused-ring (bicyclic) bond motifs is 1. The number of nitrogens with one attached hydrogen (secondary N) is 1. The van der Waals surface area contributed by atoms with E-state index in [1.807, 2.05) is 6.07 Å². The third-order valence-electron chi connectivity index (χ3n) is 5.43. The molecular weight excluding hydrogens is 326 g/mol. The Morgan fingerprint density at radius 2 is 1.88 bits per heavy atom. The van der Waals surface area contributed by atoms with Crippen molar-refractivity contribution in [2.24, 2.45) is 5.92 Å². The van der Waals surface area contributed by atoms with Crippen LogP contribution in [0.5, 0.6) is 0 Å². The molecule has 0 radical (unpaired) electrons. The van der Waals surface area contributed by atoms with Crippen LogP contribution < -0.4 is 5.56 Å². The highest BCUT2D eigenvalue weighted by Gasteiger charge is 2.17. The molecule has 4 rings (SSSR count). The standard InChI is InChI=1S/C20H25N5O/c1-13-6-8-24(9-7-13)12-17-11-18(26)25-20(21-17)22-19(23-25)16-5-4-14(2)15(3)10-16/h4-5,10-11,13H,6-9,12H2,1-3H3,(H,21,22,23). The van der Waals surface area contributed by atoms with E-state index in [1.165, 1.54) is 28.5 Å². The largest absolute Gasteiger partial charge is 0.297 e. The van der Waals surface area contributed by atoms with Crippen molar-refractivity contribution in [3.8, 4) is 11.4 Å². The van der Waals surface area contributed by atoms with Crippen molar-refractivity contribution in [2.75, 3.05) is 13.1 Å². The Bertz CT molecular complexity index is 995. The van der Waals surface area contributed by atoms with E-state index in [0.29, 0.717) is 18.1 Å². The third kappa shape index (κ3) is 3.29. The Labute approximate surface area is 152 Å². The predicted molar refractivity (Wildman–Crippen MR) is 102 cm³/mol. The number of nitrogens with zero attached hydrogens (tertiary/aromatic N) is 4. The molecule has 0 saturated carbocycles. The molecule has 1 saturated heterocycles. The van der Waals surface area contributed by atoms with Gasteiger partial charge < -0.3 is 0 Å². The number of piperidine rings is 1. The Balaban J connectivity index is 1.64. The molecule has 1 aliphatic rings. The van der Waals surface area contributed by atoms with E-state index in [4.69, 9.17) is 0 Å². The van der Waals surface area contributed by atoms with Crippen LogP contribution >= 0.6 is 0 Å². The van der Waals surface area contributed by atoms with E-state index < -0.39 is 0 Å². The van der Waals surface area contributed by atoms with Crippen molar-refractivity contribution in [1.82, 2.24) is 24.5 Å². The normalized spacial score (nSPS) is 16.4. The smallest absolute Gasteiger partial charge is 0.274 e. The van der Waals surface area contributed by atoms with Crippen LogP contribution in [0.3, 0.4) is 0 Å². The van der Waals surface area contributed by atoms with Crippen LogP contribution in [-0.2, 0) is 6.54 Å². The van der Waals surface area contributed by atoms with Gasteiger partial charge in [0.2, 0.25) is 0 Å². The van der Waals surface area contributed by atoms with Gasteiger partial charge in [0, 0.05) is 18.2 Å². The summed E-state index contributed by atoms with van der Waals surface area (Å²) in [5.74, 6) is 1.90. The summed E-state index contributed by atoms with van der Waals surface area (Å²) in [5, 5.41) is 3.08. The highest BCUT2D eigenvalue weighted by molar-refractivity contribution is 5.58. The van der Waals surface area contributed by atoms with Gasteiger partial charge in [0.1, 0.15) is 0 Å². The molecule has 136 valence electrons. The van der Waals surface area contributed by atoms with Crippen molar-refractivity contribution in [1.29, 1.82) is 0 Å². The molecule has 3 heterocycles. The number of hydrogen-bond donors (Lipinski definition) is 1. The fraction of sp³-hybridized carbons (Fsp3) is 0.450. The minimum atomic E-state index is -0.113. The second-order valence-electron chi connectivity index (χ2n) is 7.55. The lowest BCUT2D eigenvalue weighted by molar-refractivity contribution is 0.183. The zero-order chi connectivity index (χ0) is 18.3. The maximum atomic E-state index is 12.5. The molecule has 0 unspecified atom stereocenters. The van der Waals surface area contributed by atoms with Crippen LogP contribution in [0, 0.1) is 19.8 Å². The second kappa shape index (κ2) is 6.68. The van der Waals surface area contributed by atoms with Crippen molar-refractivity contribution in [3.63, 3.8) is 0 Å². The van der Waals surface area contributed by atoms with E-state index in [1.54, 1.807) is 6.07 Å². The number of likely N-dealkylation sites (tertiary alicyclic amines) is 1. The Kier molecular flexibility index (Phi) is 4.36. The minimum absolute atomic E-state index is 0.113. The summed E-state index contributed by atoms with van der Waals surface area (Å²) in [4.78, 5) is 24.0. The Morgan fingerprint density at radius 1 is 1.12 bits per heavy atom. The molecule has 2 aromatic heterocycles. The first-order chi connectivity index (χ1) is 12.5. The van der Waals surface area contributed by atoms with Gasteiger partial charge in [0.05, 0.1) is 5.69 Å². The maximum absolute atomic E-state index is 12.5. The summed E-state index contributed by atoms with van der Waals surface area (Å²) < 4.78 is 1.42. The number of aryl methyl sites for hydroxylation is 2. The molecule has 26 heavy (non-hydrogen) atoms. The van der Waals surface area contributed by atoms with Gasteiger partial charge in [-0.1, -0.05) is 19.1 Å². The van der Waals surface area contributed by atoms with Crippen molar-refractivity contribution < 1.29 is 0 Å². The van der Waals surface area contributed by atoms with E-state index in [-0.39, 0.29) is 5.56 Å². The van der Waals surface area contributed by atoms with Gasteiger partial charge in [-0.05, 0) is 62.9 Å². The van der Waals surface area contributed by atoms with Gasteiger partial charge in [-0.15, -0.1) is 0 Å². The molecule has 1 N–H and O–H groups in total. The van der Waals surface area contributed by atoms with Crippen molar-refractivity contribution in [2.45, 2.75) is 40.2 Å². The first kappa shape index (κ1) is 17.0. The highest BCUT2D eigenvalue weighted by Crippen LogP contribution is 2.20. The van der Waals surface area contributed by atoms with E-state index in [2.05, 4.69) is 52.9 Å². The summed E-state index contributed by atoms with van der Waals surface area (Å²) in [6.07, 6.45) is 2.42. The molecule has 0 amide bonds. The van der Waals surface area contributed by atoms with Crippen LogP contribution in [0.4, 0.5) is 0 Å². The van der Waals surface area contributed by atoms with Crippen LogP contribution in [0.25, 0.3) is 17.2 Å². The molecular formula is C20H25N5O. The lowest BCUT2D eigenvalue weighted by Crippen LogP contribution is -2.33. The van der Waals surface area contributed by atoms with Gasteiger partial charge >= 0.3 is 0 Å². The van der Waals surface area contributed by atoms with Crippen LogP contribution in [0.2, 0.25) is 0 Å². The lowest BCUT2D eigenvalue weighted by Gasteiger charge is -2.29. The average Bonchev–Trinajstić information content (AvgIpc) is 3.04. The van der Waals surface area contributed by atoms with Gasteiger partial charge in [0.25, 0.3) is 11.3 Å². The molecule has 1 fully saturated rings. The van der Waals surface area contributed by atoms with Gasteiger partial charge in [-0.2, -0.15) is 9.50 Å². The summed E-state index contributed by atoms with van der Waals surface area (Å²) in [6.45, 7) is 9.30. The number of hydrogen-bond acceptors (Lipinski definition) is 4. The van der Waals surface area contributed by atoms with E-state index in [9.17, 15) is 4.79 Å². The molecule has 6 nitrogen and oxygen atoms in total. The maximum Gasteiger partial charge on any atom is 0.274 e. The summed E-state index contributed by atoms with van der Waals surface area (Å²) in [6, 6.07) is 7.78. The molecule has 0 bridgehead atoms. The van der Waals surface area contributed by atoms with Gasteiger partial charge in [-0.3, -0.25) is 14.8 Å². The van der Waals surface area contributed by atoms with Crippen LogP contribution in [0.1, 0.15) is 36.6 Å². The molecule has 1 aromatic carbocycles. The number of aromatic amines is 1. The highest BCUT2D eigenvalue weighted by atomic mass is 16.1. The summed E-state index contributed by atoms with van der Waals surface area (Å²) in [5.41, 5.74) is 4.08. The quantitative estimate of drug-likeness (QED) is 0.788. The number of aromatic nitrogens is 4. The molecule has 0 atom stereocenters. The van der Waals surface area contributed by atoms with Crippen molar-refractivity contribution >= 4 is 5.78 Å². The average molecular weight is 351 g/mol. The van der Waals surface area contributed by atoms with E-state index in [0.717, 1.165) is 30.3 Å².